The van der Waals surface area contributed by atoms with E-state index in [1.807, 2.05) is 121 Å². The molecule has 10 rings (SSSR count). The van der Waals surface area contributed by atoms with Crippen LogP contribution in [0.5, 0.6) is 0 Å². The molecule has 0 bridgehead atoms. The second-order valence-corrected chi connectivity index (χ2v) is 12.7. The minimum atomic E-state index is -0.423. The minimum absolute atomic E-state index is 0.0378. The molecule has 0 N–H and O–H groups in total. The first kappa shape index (κ1) is 22.7. The highest BCUT2D eigenvalue weighted by Gasteiger charge is 2.16. The highest BCUT2D eigenvalue weighted by molar-refractivity contribution is 6.09. The van der Waals surface area contributed by atoms with Gasteiger partial charge in [0, 0.05) is 33.4 Å². The number of rotatable bonds is 6. The molecule has 0 amide bonds. The maximum Gasteiger partial charge on any atom is 0.143 e. The zero-order chi connectivity index (χ0) is 41.4. The van der Waals surface area contributed by atoms with Gasteiger partial charge in [-0.25, -0.2) is 0 Å². The molecule has 2 nitrogen and oxygen atoms in total. The summed E-state index contributed by atoms with van der Waals surface area (Å²) >= 11 is 0. The van der Waals surface area contributed by atoms with Crippen LogP contribution < -0.4 is 4.90 Å². The zero-order valence-electron chi connectivity index (χ0n) is 35.8. The Morgan fingerprint density at radius 3 is 1.73 bits per heavy atom. The summed E-state index contributed by atoms with van der Waals surface area (Å²) < 4.78 is 81.9. The van der Waals surface area contributed by atoms with E-state index in [2.05, 4.69) is 0 Å². The van der Waals surface area contributed by atoms with Crippen molar-refractivity contribution in [2.24, 2.45) is 0 Å². The van der Waals surface area contributed by atoms with Crippen LogP contribution in [0, 0.1) is 0 Å². The molecule has 1 heterocycles. The first-order valence-corrected chi connectivity index (χ1v) is 17.1. The summed E-state index contributed by atoms with van der Waals surface area (Å²) in [5.41, 5.74) is 3.85. The quantitative estimate of drug-likeness (QED) is 0.175. The van der Waals surface area contributed by atoms with Crippen molar-refractivity contribution < 1.29 is 15.4 Å². The number of fused-ring (bicyclic) bond motifs is 5. The Balaban J connectivity index is 1.20. The lowest BCUT2D eigenvalue weighted by molar-refractivity contribution is 0.670. The summed E-state index contributed by atoms with van der Waals surface area (Å²) in [7, 11) is 0. The Morgan fingerprint density at radius 1 is 0.365 bits per heavy atom. The first-order chi connectivity index (χ1) is 29.1. The number of nitrogens with zero attached hydrogens (tertiary/aromatic N) is 1. The number of anilines is 3. The molecule has 2 heteroatoms. The summed E-state index contributed by atoms with van der Waals surface area (Å²) in [6.07, 6.45) is 0. The third-order valence-corrected chi connectivity index (χ3v) is 9.61. The summed E-state index contributed by atoms with van der Waals surface area (Å²) in [6, 6.07) is 44.5. The Kier molecular flexibility index (Phi) is 5.45. The van der Waals surface area contributed by atoms with Gasteiger partial charge in [0.25, 0.3) is 0 Å². The van der Waals surface area contributed by atoms with Gasteiger partial charge in [-0.05, 0) is 97.8 Å². The van der Waals surface area contributed by atoms with Crippen LogP contribution in [0.1, 0.15) is 11.0 Å². The average Bonchev–Trinajstić information content (AvgIpc) is 3.67. The van der Waals surface area contributed by atoms with Gasteiger partial charge in [0.15, 0.2) is 0 Å². The maximum atomic E-state index is 9.56. The Hall–Kier alpha value is -6.90. The third kappa shape index (κ3) is 5.21. The van der Waals surface area contributed by atoms with Gasteiger partial charge in [-0.1, -0.05) is 152 Å². The third-order valence-electron chi connectivity index (χ3n) is 9.61. The van der Waals surface area contributed by atoms with E-state index in [0.29, 0.717) is 28.0 Å². The lowest BCUT2D eigenvalue weighted by Gasteiger charge is -2.26. The Bertz CT molecular complexity index is 3310. The number of hydrogen-bond acceptors (Lipinski definition) is 2. The van der Waals surface area contributed by atoms with E-state index in [4.69, 9.17) is 4.42 Å². The molecule has 52 heavy (non-hydrogen) atoms. The van der Waals surface area contributed by atoms with Gasteiger partial charge >= 0.3 is 0 Å². The summed E-state index contributed by atoms with van der Waals surface area (Å²) in [5, 5.41) is 5.59. The van der Waals surface area contributed by atoms with Crippen LogP contribution in [0.25, 0.3) is 76.9 Å². The van der Waals surface area contributed by atoms with Gasteiger partial charge in [0.2, 0.25) is 0 Å². The van der Waals surface area contributed by atoms with Crippen molar-refractivity contribution >= 4 is 60.5 Å². The van der Waals surface area contributed by atoms with E-state index in [-0.39, 0.29) is 46.7 Å². The van der Waals surface area contributed by atoms with Crippen molar-refractivity contribution in [1.82, 2.24) is 0 Å². The maximum absolute atomic E-state index is 9.56. The topological polar surface area (TPSA) is 16.4 Å². The molecule has 0 saturated heterocycles. The molecule has 0 saturated carbocycles. The van der Waals surface area contributed by atoms with Gasteiger partial charge in [0.1, 0.15) is 11.2 Å². The van der Waals surface area contributed by atoms with Crippen molar-refractivity contribution in [2.45, 2.75) is 0 Å². The van der Waals surface area contributed by atoms with Crippen molar-refractivity contribution in [1.29, 1.82) is 0 Å². The van der Waals surface area contributed by atoms with Crippen LogP contribution in [0.15, 0.2) is 204 Å². The number of furan rings is 1. The molecule has 0 radical (unpaired) electrons. The normalized spacial score (nSPS) is 13.6. The van der Waals surface area contributed by atoms with E-state index in [0.717, 1.165) is 43.4 Å². The highest BCUT2D eigenvalue weighted by atomic mass is 16.3. The van der Waals surface area contributed by atoms with E-state index >= 15 is 0 Å². The fourth-order valence-electron chi connectivity index (χ4n) is 7.04. The number of hydrogen-bond donors (Lipinski definition) is 0. The van der Waals surface area contributed by atoms with E-state index < -0.39 is 24.2 Å². The predicted octanol–water partition coefficient (Wildman–Crippen LogP) is 14.4. The first-order valence-electron chi connectivity index (χ1n) is 21.1. The Labute approximate surface area is 313 Å². The highest BCUT2D eigenvalue weighted by Crippen LogP contribution is 2.40. The second kappa shape index (κ2) is 12.5. The lowest BCUT2D eigenvalue weighted by atomic mass is 9.98. The number of benzene rings is 9. The fourth-order valence-corrected chi connectivity index (χ4v) is 7.04. The van der Waals surface area contributed by atoms with Crippen LogP contribution in [0.4, 0.5) is 17.1 Å². The van der Waals surface area contributed by atoms with Crippen molar-refractivity contribution in [3.05, 3.63) is 200 Å². The summed E-state index contributed by atoms with van der Waals surface area (Å²) in [6.45, 7) is 0. The zero-order valence-corrected chi connectivity index (χ0v) is 27.8. The van der Waals surface area contributed by atoms with Gasteiger partial charge in [0.05, 0.1) is 11.0 Å². The lowest BCUT2D eigenvalue weighted by Crippen LogP contribution is -2.09. The number of para-hydroxylation sites is 2. The van der Waals surface area contributed by atoms with Crippen molar-refractivity contribution in [3.8, 4) is 33.4 Å². The smallest absolute Gasteiger partial charge is 0.143 e. The summed E-state index contributed by atoms with van der Waals surface area (Å²) in [4.78, 5) is 1.34. The van der Waals surface area contributed by atoms with E-state index in [1.165, 1.54) is 4.90 Å². The SMILES string of the molecule is [2H]c1c([2H])c(N(c2ccc(-c3cccc4ccccc34)cc2)c2c([2H])c([2H])c(-c3cccc4c3oc3ccccc34)c([2H])c2[2H])c([2H])c([2H])c1-c1ccc2ccccc2c1. The van der Waals surface area contributed by atoms with Crippen LogP contribution in [-0.4, -0.2) is 0 Å². The average molecular weight is 672 g/mol. The molecular formula is C50H33NO. The molecule has 0 spiro atoms. The molecular weight excluding hydrogens is 631 g/mol. The second-order valence-electron chi connectivity index (χ2n) is 12.7. The molecule has 0 atom stereocenters. The van der Waals surface area contributed by atoms with Crippen LogP contribution in [-0.2, 0) is 0 Å². The standard InChI is InChI=1S/C50H33NO/c1-2-11-39-33-40(20-19-34(39)9-1)35-21-27-41(28-22-35)51(42-29-23-37(24-30-42)45-15-7-12-36-10-3-4-13-44(36)45)43-31-25-38(26-32-43)46-16-8-17-48-47-14-5-6-18-49(47)52-50(46)48/h1-33H/i21D,22D,25D,26D,27D,28D,31D,32D. The van der Waals surface area contributed by atoms with Gasteiger partial charge in [-0.3, -0.25) is 0 Å². The fraction of sp³-hybridized carbons (Fsp3) is 0. The van der Waals surface area contributed by atoms with E-state index in [1.54, 1.807) is 30.3 Å². The molecule has 0 fully saturated rings. The van der Waals surface area contributed by atoms with Crippen LogP contribution in [0.3, 0.4) is 0 Å². The molecule has 1 aromatic heterocycles. The molecule has 0 aliphatic carbocycles. The monoisotopic (exact) mass is 671 g/mol. The van der Waals surface area contributed by atoms with Gasteiger partial charge < -0.3 is 9.32 Å². The van der Waals surface area contributed by atoms with Gasteiger partial charge in [-0.2, -0.15) is 0 Å². The van der Waals surface area contributed by atoms with Crippen molar-refractivity contribution in [3.63, 3.8) is 0 Å². The van der Waals surface area contributed by atoms with Crippen LogP contribution >= 0.6 is 0 Å². The minimum Gasteiger partial charge on any atom is -0.455 e. The molecule has 244 valence electrons. The molecule has 9 aromatic carbocycles. The molecule has 0 aliphatic rings. The predicted molar refractivity (Wildman–Crippen MR) is 220 cm³/mol. The van der Waals surface area contributed by atoms with Crippen LogP contribution in [0.2, 0.25) is 0 Å². The van der Waals surface area contributed by atoms with Gasteiger partial charge in [-0.15, -0.1) is 0 Å². The molecule has 10 aromatic rings. The molecule has 0 unspecified atom stereocenters. The Morgan fingerprint density at radius 2 is 0.942 bits per heavy atom. The van der Waals surface area contributed by atoms with E-state index in [9.17, 15) is 11.0 Å². The largest absolute Gasteiger partial charge is 0.455 e. The van der Waals surface area contributed by atoms with Crippen molar-refractivity contribution in [2.75, 3.05) is 4.90 Å². The molecule has 0 aliphatic heterocycles. The summed E-state index contributed by atoms with van der Waals surface area (Å²) in [5.74, 6) is 0.